The maximum absolute atomic E-state index is 13.3. The van der Waals surface area contributed by atoms with E-state index in [2.05, 4.69) is 17.1 Å². The molecule has 3 aromatic rings. The Labute approximate surface area is 179 Å². The topological polar surface area (TPSA) is 72.5 Å². The average Bonchev–Trinajstić information content (AvgIpc) is 3.43. The first-order chi connectivity index (χ1) is 14.6. The zero-order valence-corrected chi connectivity index (χ0v) is 18.1. The summed E-state index contributed by atoms with van der Waals surface area (Å²) in [6, 6.07) is 8.10. The molecule has 0 N–H and O–H groups in total. The van der Waals surface area contributed by atoms with Gasteiger partial charge in [-0.15, -0.1) is 10.2 Å². The normalized spacial score (nSPS) is 20.4. The summed E-state index contributed by atoms with van der Waals surface area (Å²) in [7, 11) is 0. The van der Waals surface area contributed by atoms with E-state index in [1.807, 2.05) is 38.1 Å². The average molecular weight is 426 g/mol. The quantitative estimate of drug-likeness (QED) is 0.597. The summed E-state index contributed by atoms with van der Waals surface area (Å²) in [5.74, 6) is 1.08. The first-order valence-corrected chi connectivity index (χ1v) is 11.9. The third-order valence-electron chi connectivity index (χ3n) is 6.56. The number of carbonyl (C=O) groups excluding carboxylic acids is 1. The number of hydrogen-bond acceptors (Lipinski definition) is 5. The van der Waals surface area contributed by atoms with Crippen molar-refractivity contribution in [2.24, 2.45) is 0 Å². The molecule has 7 nitrogen and oxygen atoms in total. The van der Waals surface area contributed by atoms with Crippen LogP contribution >= 0.6 is 11.8 Å². The van der Waals surface area contributed by atoms with Gasteiger partial charge in [0.25, 0.3) is 5.56 Å². The highest BCUT2D eigenvalue weighted by molar-refractivity contribution is 7.99. The van der Waals surface area contributed by atoms with Crippen LogP contribution in [0.1, 0.15) is 57.9 Å². The van der Waals surface area contributed by atoms with Gasteiger partial charge >= 0.3 is 0 Å². The van der Waals surface area contributed by atoms with Gasteiger partial charge in [0.15, 0.2) is 5.16 Å². The van der Waals surface area contributed by atoms with Crippen LogP contribution in [0.3, 0.4) is 0 Å². The standard InChI is InChI=1S/C22H27N5O2S/c1-15-8-6-7-13-25(15)19(28)14-30-22-24-23-21-26(16-9-2-3-10-16)20(29)17-11-4-5-12-18(17)27(21)22/h4-5,11-12,15-16H,2-3,6-10,13-14H2,1H3/t15-/m0/s1. The maximum atomic E-state index is 13.3. The summed E-state index contributed by atoms with van der Waals surface area (Å²) in [5.41, 5.74) is 0.810. The predicted molar refractivity (Wildman–Crippen MR) is 118 cm³/mol. The zero-order chi connectivity index (χ0) is 20.7. The Morgan fingerprint density at radius 1 is 1.10 bits per heavy atom. The number of amides is 1. The van der Waals surface area contributed by atoms with Crippen LogP contribution in [0.4, 0.5) is 0 Å². The highest BCUT2D eigenvalue weighted by Crippen LogP contribution is 2.31. The van der Waals surface area contributed by atoms with Crippen molar-refractivity contribution in [2.45, 2.75) is 69.1 Å². The third-order valence-corrected chi connectivity index (χ3v) is 7.48. The van der Waals surface area contributed by atoms with Crippen LogP contribution in [0.15, 0.2) is 34.2 Å². The summed E-state index contributed by atoms with van der Waals surface area (Å²) in [4.78, 5) is 28.1. The van der Waals surface area contributed by atoms with Crippen LogP contribution in [-0.4, -0.2) is 48.3 Å². The molecule has 2 aliphatic rings. The molecule has 1 aliphatic heterocycles. The Morgan fingerprint density at radius 2 is 1.87 bits per heavy atom. The van der Waals surface area contributed by atoms with Crippen molar-refractivity contribution in [3.8, 4) is 0 Å². The van der Waals surface area contributed by atoms with Crippen molar-refractivity contribution >= 4 is 34.3 Å². The van der Waals surface area contributed by atoms with Gasteiger partial charge in [-0.25, -0.2) is 0 Å². The van der Waals surface area contributed by atoms with Gasteiger partial charge in [-0.3, -0.25) is 18.6 Å². The highest BCUT2D eigenvalue weighted by Gasteiger charge is 2.26. The van der Waals surface area contributed by atoms with Gasteiger partial charge in [-0.2, -0.15) is 0 Å². The second-order valence-electron chi connectivity index (χ2n) is 8.47. The van der Waals surface area contributed by atoms with Gasteiger partial charge in [0.1, 0.15) is 0 Å². The third kappa shape index (κ3) is 3.31. The number of fused-ring (bicyclic) bond motifs is 3. The molecule has 30 heavy (non-hydrogen) atoms. The van der Waals surface area contributed by atoms with Crippen LogP contribution < -0.4 is 5.56 Å². The Bertz CT molecular complexity index is 1150. The lowest BCUT2D eigenvalue weighted by molar-refractivity contribution is -0.131. The van der Waals surface area contributed by atoms with Crippen molar-refractivity contribution in [3.63, 3.8) is 0 Å². The van der Waals surface area contributed by atoms with Crippen molar-refractivity contribution < 1.29 is 4.79 Å². The first-order valence-electron chi connectivity index (χ1n) is 11.0. The van der Waals surface area contributed by atoms with Gasteiger partial charge in [0.05, 0.1) is 16.7 Å². The predicted octanol–water partition coefficient (Wildman–Crippen LogP) is 3.65. The minimum atomic E-state index is 0.00664. The van der Waals surface area contributed by atoms with E-state index in [4.69, 9.17) is 0 Å². The van der Waals surface area contributed by atoms with Crippen molar-refractivity contribution in [2.75, 3.05) is 12.3 Å². The lowest BCUT2D eigenvalue weighted by Gasteiger charge is -2.33. The van der Waals surface area contributed by atoms with Crippen molar-refractivity contribution in [1.82, 2.24) is 24.1 Å². The summed E-state index contributed by atoms with van der Waals surface area (Å²) in [5, 5.41) is 10.2. The molecule has 1 aromatic carbocycles. The van der Waals surface area contributed by atoms with E-state index in [0.717, 1.165) is 50.6 Å². The van der Waals surface area contributed by atoms with E-state index in [1.54, 1.807) is 0 Å². The maximum Gasteiger partial charge on any atom is 0.263 e. The second-order valence-corrected chi connectivity index (χ2v) is 9.41. The van der Waals surface area contributed by atoms with Gasteiger partial charge in [-0.1, -0.05) is 36.7 Å². The summed E-state index contributed by atoms with van der Waals surface area (Å²) in [6.45, 7) is 2.97. The number of thioether (sulfide) groups is 1. The molecule has 158 valence electrons. The molecule has 0 unspecified atom stereocenters. The largest absolute Gasteiger partial charge is 0.339 e. The number of benzene rings is 1. The minimum Gasteiger partial charge on any atom is -0.339 e. The molecule has 5 rings (SSSR count). The molecule has 3 heterocycles. The number of rotatable bonds is 4. The van der Waals surface area contributed by atoms with Crippen LogP contribution in [-0.2, 0) is 4.79 Å². The van der Waals surface area contributed by atoms with Crippen LogP contribution in [0.25, 0.3) is 16.7 Å². The molecule has 1 amide bonds. The highest BCUT2D eigenvalue weighted by atomic mass is 32.2. The number of para-hydroxylation sites is 1. The van der Waals surface area contributed by atoms with E-state index in [1.165, 1.54) is 18.2 Å². The number of carbonyl (C=O) groups is 1. The summed E-state index contributed by atoms with van der Waals surface area (Å²) >= 11 is 1.42. The fourth-order valence-corrected chi connectivity index (χ4v) is 5.79. The molecule has 1 saturated heterocycles. The molecular weight excluding hydrogens is 398 g/mol. The van der Waals surface area contributed by atoms with Crippen molar-refractivity contribution in [3.05, 3.63) is 34.6 Å². The lowest BCUT2D eigenvalue weighted by Crippen LogP contribution is -2.42. The van der Waals surface area contributed by atoms with E-state index in [-0.39, 0.29) is 17.5 Å². The first kappa shape index (κ1) is 19.6. The van der Waals surface area contributed by atoms with Gasteiger partial charge in [-0.05, 0) is 51.2 Å². The molecule has 0 spiro atoms. The summed E-state index contributed by atoms with van der Waals surface area (Å²) in [6.07, 6.45) is 7.60. The van der Waals surface area contributed by atoms with Crippen LogP contribution in [0.5, 0.6) is 0 Å². The molecule has 1 aliphatic carbocycles. The molecule has 2 fully saturated rings. The van der Waals surface area contributed by atoms with Gasteiger partial charge in [0.2, 0.25) is 11.7 Å². The molecule has 2 aromatic heterocycles. The smallest absolute Gasteiger partial charge is 0.263 e. The number of likely N-dealkylation sites (tertiary alicyclic amines) is 1. The minimum absolute atomic E-state index is 0.00664. The number of piperidine rings is 1. The van der Waals surface area contributed by atoms with E-state index in [0.29, 0.717) is 28.1 Å². The zero-order valence-electron chi connectivity index (χ0n) is 17.3. The molecule has 1 atom stereocenters. The fraction of sp³-hybridized carbons (Fsp3) is 0.545. The molecular formula is C22H27N5O2S. The van der Waals surface area contributed by atoms with E-state index >= 15 is 0 Å². The summed E-state index contributed by atoms with van der Waals surface area (Å²) < 4.78 is 3.80. The molecule has 0 radical (unpaired) electrons. The lowest BCUT2D eigenvalue weighted by atomic mass is 10.0. The SMILES string of the molecule is C[C@H]1CCCCN1C(=O)CSc1nnc2n(C3CCCC3)c(=O)c3ccccc3n12. The molecule has 8 heteroatoms. The van der Waals surface area contributed by atoms with Crippen LogP contribution in [0.2, 0.25) is 0 Å². The number of aromatic nitrogens is 4. The van der Waals surface area contributed by atoms with E-state index < -0.39 is 0 Å². The number of hydrogen-bond donors (Lipinski definition) is 0. The van der Waals surface area contributed by atoms with Gasteiger partial charge in [0, 0.05) is 18.6 Å². The second kappa shape index (κ2) is 8.06. The monoisotopic (exact) mass is 425 g/mol. The Morgan fingerprint density at radius 3 is 2.67 bits per heavy atom. The molecule has 1 saturated carbocycles. The van der Waals surface area contributed by atoms with E-state index in [9.17, 15) is 9.59 Å². The van der Waals surface area contributed by atoms with Gasteiger partial charge < -0.3 is 4.90 Å². The number of nitrogens with zero attached hydrogens (tertiary/aromatic N) is 5. The Hall–Kier alpha value is -2.35. The van der Waals surface area contributed by atoms with Crippen LogP contribution in [0, 0.1) is 0 Å². The Balaban J connectivity index is 1.53. The Kier molecular flexibility index (Phi) is 5.26. The molecule has 0 bridgehead atoms. The van der Waals surface area contributed by atoms with Crippen molar-refractivity contribution in [1.29, 1.82) is 0 Å². The fourth-order valence-electron chi connectivity index (χ4n) is 4.96.